The molecule has 9 nitrogen and oxygen atoms in total. The average Bonchev–Trinajstić information content (AvgIpc) is 3.06. The van der Waals surface area contributed by atoms with Crippen LogP contribution < -0.4 is 18.4 Å². The molecule has 1 aliphatic heterocycles. The second-order valence-electron chi connectivity index (χ2n) is 9.17. The number of carbonyl (C=O) groups is 1. The van der Waals surface area contributed by atoms with Gasteiger partial charge in [-0.1, -0.05) is 20.8 Å². The number of hydrogen-bond acceptors (Lipinski definition) is 8. The molecule has 11 heteroatoms. The zero-order valence-electron chi connectivity index (χ0n) is 20.7. The largest absolute Gasteiger partial charge is 0.493 e. The molecule has 0 bridgehead atoms. The predicted molar refractivity (Wildman–Crippen MR) is 128 cm³/mol. The Morgan fingerprint density at radius 2 is 1.69 bits per heavy atom. The summed E-state index contributed by atoms with van der Waals surface area (Å²) in [5.41, 5.74) is 0.859. The molecule has 35 heavy (non-hydrogen) atoms. The highest BCUT2D eigenvalue weighted by Crippen LogP contribution is 2.40. The van der Waals surface area contributed by atoms with Crippen molar-refractivity contribution in [3.8, 4) is 23.0 Å². The van der Waals surface area contributed by atoms with Crippen molar-refractivity contribution in [2.75, 3.05) is 34.1 Å². The van der Waals surface area contributed by atoms with E-state index < -0.39 is 27.1 Å². The van der Waals surface area contributed by atoms with Crippen LogP contribution in [0.25, 0.3) is 0 Å². The number of ketones is 1. The van der Waals surface area contributed by atoms with Crippen molar-refractivity contribution in [2.45, 2.75) is 32.7 Å². The predicted octanol–water partition coefficient (Wildman–Crippen LogP) is 3.51. The highest BCUT2D eigenvalue weighted by Gasteiger charge is 2.34. The number of amidine groups is 1. The van der Waals surface area contributed by atoms with Crippen molar-refractivity contribution >= 4 is 21.7 Å². The van der Waals surface area contributed by atoms with Crippen molar-refractivity contribution in [3.05, 3.63) is 46.3 Å². The zero-order valence-corrected chi connectivity index (χ0v) is 21.6. The lowest BCUT2D eigenvalue weighted by atomic mass is 9.82. The van der Waals surface area contributed by atoms with Gasteiger partial charge in [0.15, 0.2) is 34.6 Å². The molecule has 0 aliphatic carbocycles. The average molecular weight is 509 g/mol. The first-order valence-electron chi connectivity index (χ1n) is 10.6. The first-order chi connectivity index (χ1) is 16.2. The van der Waals surface area contributed by atoms with Crippen LogP contribution in [-0.4, -0.2) is 59.1 Å². The minimum Gasteiger partial charge on any atom is -0.493 e. The summed E-state index contributed by atoms with van der Waals surface area (Å²) in [4.78, 5) is 14.9. The quantitative estimate of drug-likeness (QED) is 0.426. The van der Waals surface area contributed by atoms with Gasteiger partial charge in [-0.15, -0.1) is 0 Å². The number of rotatable bonds is 8. The molecule has 1 N–H and O–H groups in total. The lowest BCUT2D eigenvalue weighted by Gasteiger charge is -2.25. The van der Waals surface area contributed by atoms with Gasteiger partial charge in [0, 0.05) is 12.1 Å². The minimum absolute atomic E-state index is 0.0438. The van der Waals surface area contributed by atoms with Gasteiger partial charge in [0.2, 0.25) is 0 Å². The Hall–Kier alpha value is -3.34. The van der Waals surface area contributed by atoms with Crippen LogP contribution in [0.1, 0.15) is 47.8 Å². The van der Waals surface area contributed by atoms with Crippen molar-refractivity contribution in [1.29, 1.82) is 5.41 Å². The molecule has 2 aromatic carbocycles. The van der Waals surface area contributed by atoms with Crippen LogP contribution in [0.5, 0.6) is 23.0 Å². The van der Waals surface area contributed by atoms with E-state index in [4.69, 9.17) is 23.8 Å². The molecule has 3 rings (SSSR count). The number of halogens is 1. The third-order valence-electron chi connectivity index (χ3n) is 5.60. The molecule has 0 saturated carbocycles. The van der Waals surface area contributed by atoms with E-state index in [0.717, 1.165) is 6.26 Å². The lowest BCUT2D eigenvalue weighted by Crippen LogP contribution is -2.32. The topological polar surface area (TPSA) is 115 Å². The molecule has 0 aromatic heterocycles. The van der Waals surface area contributed by atoms with Crippen molar-refractivity contribution in [3.63, 3.8) is 0 Å². The maximum Gasteiger partial charge on any atom is 0.306 e. The van der Waals surface area contributed by atoms with E-state index in [-0.39, 0.29) is 53.1 Å². The summed E-state index contributed by atoms with van der Waals surface area (Å²) in [6.45, 7) is 5.57. The first-order valence-corrected chi connectivity index (χ1v) is 12.5. The van der Waals surface area contributed by atoms with Crippen LogP contribution in [0.3, 0.4) is 0 Å². The van der Waals surface area contributed by atoms with Crippen LogP contribution in [0.15, 0.2) is 18.2 Å². The third kappa shape index (κ3) is 5.19. The monoisotopic (exact) mass is 508 g/mol. The summed E-state index contributed by atoms with van der Waals surface area (Å²) in [5, 5.41) is 8.50. The van der Waals surface area contributed by atoms with Crippen molar-refractivity contribution in [1.82, 2.24) is 4.90 Å². The van der Waals surface area contributed by atoms with E-state index in [1.807, 2.05) is 20.8 Å². The van der Waals surface area contributed by atoms with Gasteiger partial charge in [-0.3, -0.25) is 10.2 Å². The van der Waals surface area contributed by atoms with Crippen LogP contribution in [0, 0.1) is 11.2 Å². The molecule has 0 radical (unpaired) electrons. The van der Waals surface area contributed by atoms with Gasteiger partial charge >= 0.3 is 10.1 Å². The number of nitrogens with one attached hydrogen (secondary N) is 1. The Balaban J connectivity index is 2.02. The molecule has 190 valence electrons. The van der Waals surface area contributed by atoms with Gasteiger partial charge < -0.3 is 23.3 Å². The second kappa shape index (κ2) is 9.37. The van der Waals surface area contributed by atoms with Gasteiger partial charge in [0.25, 0.3) is 0 Å². The second-order valence-corrected chi connectivity index (χ2v) is 10.7. The molecule has 0 atom stereocenters. The SMILES string of the molecule is COc1cc(C(C)(C)C)c(C(=O)CN2Cc3cc(OC)c(OC)c(F)c3C2=N)cc1OS(C)(=O)=O. The number of Topliss-reactive ketones (excluding diaryl/α,β-unsaturated/α-hetero) is 1. The fraction of sp³-hybridized carbons (Fsp3) is 0.417. The van der Waals surface area contributed by atoms with Crippen LogP contribution >= 0.6 is 0 Å². The molecule has 1 aliphatic rings. The number of nitrogens with zero attached hydrogens (tertiary/aromatic N) is 1. The Bertz CT molecular complexity index is 1300. The van der Waals surface area contributed by atoms with Crippen LogP contribution in [-0.2, 0) is 22.1 Å². The summed E-state index contributed by atoms with van der Waals surface area (Å²) >= 11 is 0. The van der Waals surface area contributed by atoms with Gasteiger partial charge in [-0.05, 0) is 34.7 Å². The molecule has 0 amide bonds. The highest BCUT2D eigenvalue weighted by atomic mass is 32.2. The Kier molecular flexibility index (Phi) is 7.03. The Morgan fingerprint density at radius 1 is 1.06 bits per heavy atom. The Labute approximate surface area is 204 Å². The van der Waals surface area contributed by atoms with Crippen molar-refractivity contribution < 1.29 is 36.0 Å². The fourth-order valence-corrected chi connectivity index (χ4v) is 4.47. The molecule has 1 heterocycles. The number of carbonyl (C=O) groups excluding carboxylic acids is 1. The van der Waals surface area contributed by atoms with Gasteiger partial charge in [0.05, 0.1) is 39.7 Å². The zero-order chi connectivity index (χ0) is 26.3. The van der Waals surface area contributed by atoms with Crippen molar-refractivity contribution in [2.24, 2.45) is 0 Å². The highest BCUT2D eigenvalue weighted by molar-refractivity contribution is 7.86. The Morgan fingerprint density at radius 3 is 2.20 bits per heavy atom. The summed E-state index contributed by atoms with van der Waals surface area (Å²) in [7, 11) is 0.181. The number of benzene rings is 2. The molecule has 0 fully saturated rings. The van der Waals surface area contributed by atoms with E-state index in [1.54, 1.807) is 12.1 Å². The first kappa shape index (κ1) is 26.3. The third-order valence-corrected chi connectivity index (χ3v) is 6.08. The summed E-state index contributed by atoms with van der Waals surface area (Å²) < 4.78 is 59.2. The lowest BCUT2D eigenvalue weighted by molar-refractivity contribution is 0.0960. The van der Waals surface area contributed by atoms with E-state index in [1.165, 1.54) is 32.3 Å². The smallest absolute Gasteiger partial charge is 0.306 e. The fourth-order valence-electron chi connectivity index (χ4n) is 4.02. The van der Waals surface area contributed by atoms with Gasteiger partial charge in [0.1, 0.15) is 5.84 Å². The molecular formula is C24H29FN2O7S. The van der Waals surface area contributed by atoms with Crippen LogP contribution in [0.4, 0.5) is 4.39 Å². The normalized spacial score (nSPS) is 13.5. The van der Waals surface area contributed by atoms with E-state index in [9.17, 15) is 13.2 Å². The molecule has 0 unspecified atom stereocenters. The molecule has 2 aromatic rings. The number of fused-ring (bicyclic) bond motifs is 1. The molecule has 0 spiro atoms. The number of hydrogen-bond donors (Lipinski definition) is 1. The number of ether oxygens (including phenoxy) is 3. The molecular weight excluding hydrogens is 479 g/mol. The van der Waals surface area contributed by atoms with Gasteiger partial charge in [-0.25, -0.2) is 4.39 Å². The molecule has 0 saturated heterocycles. The number of methoxy groups -OCH3 is 3. The van der Waals surface area contributed by atoms with Gasteiger partial charge in [-0.2, -0.15) is 8.42 Å². The standard InChI is InChI=1S/C24H29FN2O7S/c1-24(2,3)15-10-17(31-4)18(34-35(7,29)30)9-14(15)16(28)12-27-11-13-8-19(32-5)22(33-6)21(25)20(13)23(27)26/h8-10,26H,11-12H2,1-7H3. The maximum absolute atomic E-state index is 15.1. The van der Waals surface area contributed by atoms with E-state index >= 15 is 4.39 Å². The van der Waals surface area contributed by atoms with Crippen LogP contribution in [0.2, 0.25) is 0 Å². The maximum atomic E-state index is 15.1. The summed E-state index contributed by atoms with van der Waals surface area (Å²) in [5.74, 6) is -1.16. The summed E-state index contributed by atoms with van der Waals surface area (Å²) in [6.07, 6.45) is 0.894. The van der Waals surface area contributed by atoms with E-state index in [2.05, 4.69) is 0 Å². The van der Waals surface area contributed by atoms with E-state index in [0.29, 0.717) is 11.1 Å². The summed E-state index contributed by atoms with van der Waals surface area (Å²) in [6, 6.07) is 4.50. The minimum atomic E-state index is -3.89.